The van der Waals surface area contributed by atoms with Crippen LogP contribution in [0.5, 0.6) is 0 Å². The number of hydrogen-bond donors (Lipinski definition) is 1. The number of hydrogen-bond acceptors (Lipinski definition) is 2. The van der Waals surface area contributed by atoms with Gasteiger partial charge in [0, 0.05) is 18.5 Å². The van der Waals surface area contributed by atoms with Crippen molar-refractivity contribution in [3.8, 4) is 0 Å². The van der Waals surface area contributed by atoms with E-state index in [0.29, 0.717) is 18.3 Å². The Kier molecular flexibility index (Phi) is 2.83. The number of aliphatic carboxylic acids is 1. The Bertz CT molecular complexity index is 371. The quantitative estimate of drug-likeness (QED) is 0.813. The fourth-order valence-corrected chi connectivity index (χ4v) is 4.16. The van der Waals surface area contributed by atoms with Gasteiger partial charge in [-0.1, -0.05) is 6.42 Å². The Morgan fingerprint density at radius 1 is 1.11 bits per heavy atom. The molecule has 3 aliphatic rings. The summed E-state index contributed by atoms with van der Waals surface area (Å²) < 4.78 is 0. The fourth-order valence-electron chi connectivity index (χ4n) is 4.16. The van der Waals surface area contributed by atoms with E-state index >= 15 is 0 Å². The SMILES string of the molecule is C[C@@H]1[C@H](C(=O)O)CCCN1C(=O)C1C2CCCC21. The Morgan fingerprint density at radius 2 is 1.78 bits per heavy atom. The van der Waals surface area contributed by atoms with Crippen LogP contribution in [-0.4, -0.2) is 34.5 Å². The summed E-state index contributed by atoms with van der Waals surface area (Å²) in [5.74, 6) is 0.582. The number of amides is 1. The average Bonchev–Trinajstić information content (AvgIpc) is 2.81. The first kappa shape index (κ1) is 12.0. The highest BCUT2D eigenvalue weighted by Crippen LogP contribution is 2.58. The number of nitrogens with zero attached hydrogens (tertiary/aromatic N) is 1. The molecule has 1 heterocycles. The molecule has 4 nitrogen and oxygen atoms in total. The zero-order valence-corrected chi connectivity index (χ0v) is 10.8. The van der Waals surface area contributed by atoms with Crippen LogP contribution in [0, 0.1) is 23.7 Å². The highest BCUT2D eigenvalue weighted by atomic mass is 16.4. The molecule has 1 saturated heterocycles. The lowest BCUT2D eigenvalue weighted by atomic mass is 9.89. The molecule has 4 heteroatoms. The number of carboxylic acid groups (broad SMARTS) is 1. The molecular weight excluding hydrogens is 230 g/mol. The van der Waals surface area contributed by atoms with Crippen LogP contribution in [-0.2, 0) is 9.59 Å². The smallest absolute Gasteiger partial charge is 0.308 e. The van der Waals surface area contributed by atoms with Crippen LogP contribution in [0.25, 0.3) is 0 Å². The van der Waals surface area contributed by atoms with Gasteiger partial charge in [0.05, 0.1) is 5.92 Å². The van der Waals surface area contributed by atoms with Gasteiger partial charge < -0.3 is 10.0 Å². The van der Waals surface area contributed by atoms with Crippen molar-refractivity contribution in [3.05, 3.63) is 0 Å². The molecule has 100 valence electrons. The fraction of sp³-hybridized carbons (Fsp3) is 0.857. The summed E-state index contributed by atoms with van der Waals surface area (Å²) in [5.41, 5.74) is 0. The van der Waals surface area contributed by atoms with Crippen LogP contribution in [0.1, 0.15) is 39.0 Å². The van der Waals surface area contributed by atoms with Crippen molar-refractivity contribution >= 4 is 11.9 Å². The van der Waals surface area contributed by atoms with Crippen molar-refractivity contribution in [3.63, 3.8) is 0 Å². The standard InChI is InChI=1S/C14H21NO3/c1-8-9(14(17)18)6-3-7-15(8)13(16)12-10-4-2-5-11(10)12/h8-12H,2-7H2,1H3,(H,17,18)/t8-,9-,10?,11?,12?/m1/s1. The molecule has 3 rings (SSSR count). The van der Waals surface area contributed by atoms with Gasteiger partial charge in [-0.3, -0.25) is 9.59 Å². The molecule has 4 atom stereocenters. The van der Waals surface area contributed by atoms with Crippen molar-refractivity contribution in [1.29, 1.82) is 0 Å². The van der Waals surface area contributed by atoms with Gasteiger partial charge in [0.25, 0.3) is 0 Å². The van der Waals surface area contributed by atoms with E-state index in [1.165, 1.54) is 19.3 Å². The first-order chi connectivity index (χ1) is 8.61. The zero-order chi connectivity index (χ0) is 12.9. The van der Waals surface area contributed by atoms with Crippen molar-refractivity contribution in [2.24, 2.45) is 23.7 Å². The lowest BCUT2D eigenvalue weighted by molar-refractivity contribution is -0.149. The van der Waals surface area contributed by atoms with Crippen LogP contribution in [0.2, 0.25) is 0 Å². The van der Waals surface area contributed by atoms with Crippen molar-refractivity contribution < 1.29 is 14.7 Å². The molecule has 2 saturated carbocycles. The summed E-state index contributed by atoms with van der Waals surface area (Å²) in [6.07, 6.45) is 5.20. The van der Waals surface area contributed by atoms with E-state index in [2.05, 4.69) is 0 Å². The first-order valence-electron chi connectivity index (χ1n) is 7.14. The third-order valence-electron chi connectivity index (χ3n) is 5.28. The normalized spacial score (nSPS) is 42.5. The van der Waals surface area contributed by atoms with E-state index in [-0.39, 0.29) is 23.8 Å². The van der Waals surface area contributed by atoms with E-state index < -0.39 is 5.97 Å². The largest absolute Gasteiger partial charge is 0.481 e. The Morgan fingerprint density at radius 3 is 2.39 bits per heavy atom. The summed E-state index contributed by atoms with van der Waals surface area (Å²) in [4.78, 5) is 25.5. The number of carboxylic acids is 1. The summed E-state index contributed by atoms with van der Waals surface area (Å²) in [7, 11) is 0. The molecule has 0 spiro atoms. The Labute approximate surface area is 107 Å². The number of rotatable bonds is 2. The first-order valence-corrected chi connectivity index (χ1v) is 7.14. The molecule has 0 aromatic carbocycles. The second-order valence-corrected chi connectivity index (χ2v) is 6.14. The molecule has 0 aromatic rings. The summed E-state index contributed by atoms with van der Waals surface area (Å²) >= 11 is 0. The predicted molar refractivity (Wildman–Crippen MR) is 65.9 cm³/mol. The van der Waals surface area contributed by atoms with E-state index in [1.54, 1.807) is 0 Å². The van der Waals surface area contributed by atoms with Crippen molar-refractivity contribution in [1.82, 2.24) is 4.90 Å². The maximum Gasteiger partial charge on any atom is 0.308 e. The number of fused-ring (bicyclic) bond motifs is 1. The van der Waals surface area contributed by atoms with Gasteiger partial charge in [-0.2, -0.15) is 0 Å². The van der Waals surface area contributed by atoms with Crippen LogP contribution >= 0.6 is 0 Å². The number of piperidine rings is 1. The number of carbonyl (C=O) groups excluding carboxylic acids is 1. The Balaban J connectivity index is 1.68. The van der Waals surface area contributed by atoms with Gasteiger partial charge >= 0.3 is 5.97 Å². The van der Waals surface area contributed by atoms with E-state index in [9.17, 15) is 14.7 Å². The second kappa shape index (κ2) is 4.25. The van der Waals surface area contributed by atoms with Gasteiger partial charge in [0.1, 0.15) is 0 Å². The molecule has 2 unspecified atom stereocenters. The average molecular weight is 251 g/mol. The molecule has 0 bridgehead atoms. The van der Waals surface area contributed by atoms with Crippen LogP contribution in [0.3, 0.4) is 0 Å². The maximum atomic E-state index is 12.5. The minimum Gasteiger partial charge on any atom is -0.481 e. The third kappa shape index (κ3) is 1.73. The lowest BCUT2D eigenvalue weighted by Crippen LogP contribution is -2.50. The van der Waals surface area contributed by atoms with Gasteiger partial charge in [0.15, 0.2) is 0 Å². The van der Waals surface area contributed by atoms with E-state index in [4.69, 9.17) is 0 Å². The topological polar surface area (TPSA) is 57.6 Å². The molecule has 2 aliphatic carbocycles. The summed E-state index contributed by atoms with van der Waals surface area (Å²) in [5, 5.41) is 9.19. The molecule has 0 aromatic heterocycles. The number of likely N-dealkylation sites (tertiary alicyclic amines) is 1. The van der Waals surface area contributed by atoms with Crippen LogP contribution in [0.15, 0.2) is 0 Å². The lowest BCUT2D eigenvalue weighted by Gasteiger charge is -2.38. The minimum absolute atomic E-state index is 0.134. The molecular formula is C14H21NO3. The molecule has 1 aliphatic heterocycles. The number of carbonyl (C=O) groups is 2. The monoisotopic (exact) mass is 251 g/mol. The molecule has 1 N–H and O–H groups in total. The minimum atomic E-state index is -0.754. The van der Waals surface area contributed by atoms with Gasteiger partial charge in [-0.25, -0.2) is 0 Å². The van der Waals surface area contributed by atoms with E-state index in [0.717, 1.165) is 13.0 Å². The Hall–Kier alpha value is -1.06. The predicted octanol–water partition coefficient (Wildman–Crippen LogP) is 1.74. The van der Waals surface area contributed by atoms with Crippen molar-refractivity contribution in [2.45, 2.75) is 45.1 Å². The maximum absolute atomic E-state index is 12.5. The zero-order valence-electron chi connectivity index (χ0n) is 10.8. The summed E-state index contributed by atoms with van der Waals surface area (Å²) in [6.45, 7) is 2.65. The molecule has 3 fully saturated rings. The highest BCUT2D eigenvalue weighted by Gasteiger charge is 2.58. The highest BCUT2D eigenvalue weighted by molar-refractivity contribution is 5.84. The van der Waals surface area contributed by atoms with Gasteiger partial charge in [0.2, 0.25) is 5.91 Å². The molecule has 1 amide bonds. The molecule has 0 radical (unpaired) electrons. The third-order valence-corrected chi connectivity index (χ3v) is 5.28. The summed E-state index contributed by atoms with van der Waals surface area (Å²) in [6, 6.07) is -0.134. The van der Waals surface area contributed by atoms with Crippen LogP contribution in [0.4, 0.5) is 0 Å². The van der Waals surface area contributed by atoms with E-state index in [1.807, 2.05) is 11.8 Å². The van der Waals surface area contributed by atoms with Crippen LogP contribution < -0.4 is 0 Å². The second-order valence-electron chi connectivity index (χ2n) is 6.14. The van der Waals surface area contributed by atoms with Crippen molar-refractivity contribution in [2.75, 3.05) is 6.54 Å². The molecule has 18 heavy (non-hydrogen) atoms. The van der Waals surface area contributed by atoms with Gasteiger partial charge in [-0.05, 0) is 44.4 Å². The van der Waals surface area contributed by atoms with Gasteiger partial charge in [-0.15, -0.1) is 0 Å².